The largest absolute Gasteiger partial charge is 0.446 e. The van der Waals surface area contributed by atoms with E-state index in [0.717, 1.165) is 0 Å². The first kappa shape index (κ1) is 13.1. The van der Waals surface area contributed by atoms with Gasteiger partial charge in [0.05, 0.1) is 11.0 Å². The first-order chi connectivity index (χ1) is 9.37. The Hall–Kier alpha value is -1.89. The number of hydrogen-bond acceptors (Lipinski definition) is 2. The van der Waals surface area contributed by atoms with Crippen molar-refractivity contribution in [1.82, 2.24) is 9.38 Å². The smallest absolute Gasteiger partial charge is 0.319 e. The Bertz CT molecular complexity index is 864. The minimum Gasteiger partial charge on any atom is -0.319 e. The molecule has 2 heterocycles. The number of H-pyrrole nitrogens is 1. The summed E-state index contributed by atoms with van der Waals surface area (Å²) in [5, 5.41) is 0. The number of aryl methyl sites for hydroxylation is 1. The fourth-order valence-corrected chi connectivity index (χ4v) is 2.91. The number of fused-ring (bicyclic) bond motifs is 3. The molecular formula is C13H9F3N2OS. The lowest BCUT2D eigenvalue weighted by atomic mass is 10.3. The third kappa shape index (κ3) is 2.07. The Morgan fingerprint density at radius 3 is 2.60 bits per heavy atom. The number of para-hydroxylation sites is 2. The maximum atomic E-state index is 12.5. The molecule has 0 spiro atoms. The van der Waals surface area contributed by atoms with Gasteiger partial charge >= 0.3 is 5.51 Å². The molecule has 0 saturated carbocycles. The van der Waals surface area contributed by atoms with Gasteiger partial charge in [0.25, 0.3) is 5.56 Å². The van der Waals surface area contributed by atoms with Crippen molar-refractivity contribution >= 4 is 28.3 Å². The van der Waals surface area contributed by atoms with Crippen LogP contribution in [0.5, 0.6) is 0 Å². The maximum absolute atomic E-state index is 12.5. The van der Waals surface area contributed by atoms with E-state index in [4.69, 9.17) is 0 Å². The summed E-state index contributed by atoms with van der Waals surface area (Å²) in [4.78, 5) is 14.7. The van der Waals surface area contributed by atoms with Crippen LogP contribution < -0.4 is 5.56 Å². The van der Waals surface area contributed by atoms with E-state index in [-0.39, 0.29) is 22.2 Å². The summed E-state index contributed by atoms with van der Waals surface area (Å²) in [6, 6.07) is 8.28. The molecule has 2 aromatic heterocycles. The van der Waals surface area contributed by atoms with Crippen molar-refractivity contribution in [2.45, 2.75) is 17.3 Å². The van der Waals surface area contributed by atoms with Gasteiger partial charge in [-0.2, -0.15) is 13.2 Å². The van der Waals surface area contributed by atoms with Gasteiger partial charge in [0.15, 0.2) is 0 Å². The van der Waals surface area contributed by atoms with Crippen molar-refractivity contribution in [3.05, 3.63) is 46.4 Å². The summed E-state index contributed by atoms with van der Waals surface area (Å²) < 4.78 is 39.2. The summed E-state index contributed by atoms with van der Waals surface area (Å²) in [5.41, 5.74) is -2.89. The van der Waals surface area contributed by atoms with E-state index >= 15 is 0 Å². The highest BCUT2D eigenvalue weighted by molar-refractivity contribution is 8.00. The summed E-state index contributed by atoms with van der Waals surface area (Å²) in [6.45, 7) is 1.58. The third-order valence-corrected chi connectivity index (χ3v) is 3.92. The zero-order valence-corrected chi connectivity index (χ0v) is 11.1. The first-order valence-electron chi connectivity index (χ1n) is 5.75. The van der Waals surface area contributed by atoms with Crippen LogP contribution >= 0.6 is 11.8 Å². The summed E-state index contributed by atoms with van der Waals surface area (Å²) in [5.74, 6) is 0. The van der Waals surface area contributed by atoms with Gasteiger partial charge in [-0.25, -0.2) is 0 Å². The van der Waals surface area contributed by atoms with E-state index < -0.39 is 11.1 Å². The molecule has 3 rings (SSSR count). The number of nitrogens with zero attached hydrogens (tertiary/aromatic N) is 1. The van der Waals surface area contributed by atoms with Crippen molar-refractivity contribution in [3.63, 3.8) is 0 Å². The summed E-state index contributed by atoms with van der Waals surface area (Å²) in [7, 11) is 0. The molecule has 0 unspecified atom stereocenters. The molecule has 1 N–H and O–H groups in total. The van der Waals surface area contributed by atoms with Crippen LogP contribution in [0.3, 0.4) is 0 Å². The highest BCUT2D eigenvalue weighted by Crippen LogP contribution is 2.39. The van der Waals surface area contributed by atoms with E-state index in [1.807, 2.05) is 0 Å². The predicted octanol–water partition coefficient (Wildman–Crippen LogP) is 3.70. The van der Waals surface area contributed by atoms with Crippen LogP contribution in [0.15, 0.2) is 40.0 Å². The number of thioether (sulfide) groups is 1. The van der Waals surface area contributed by atoms with Gasteiger partial charge in [0.2, 0.25) is 0 Å². The third-order valence-electron chi connectivity index (χ3n) is 3.05. The zero-order valence-electron chi connectivity index (χ0n) is 10.3. The lowest BCUT2D eigenvalue weighted by Gasteiger charge is -2.06. The molecule has 7 heteroatoms. The predicted molar refractivity (Wildman–Crippen MR) is 72.2 cm³/mol. The average molecular weight is 298 g/mol. The SMILES string of the molecule is Cc1c(SC(F)(F)F)cc2c(=O)[nH]c3ccccc3n12. The van der Waals surface area contributed by atoms with E-state index in [2.05, 4.69) is 4.98 Å². The molecule has 20 heavy (non-hydrogen) atoms. The molecule has 0 aliphatic rings. The Morgan fingerprint density at radius 2 is 1.90 bits per heavy atom. The van der Waals surface area contributed by atoms with Gasteiger partial charge in [0.1, 0.15) is 5.52 Å². The number of aromatic amines is 1. The molecule has 104 valence electrons. The van der Waals surface area contributed by atoms with E-state index in [0.29, 0.717) is 16.7 Å². The van der Waals surface area contributed by atoms with Crippen LogP contribution in [0.4, 0.5) is 13.2 Å². The normalized spacial score (nSPS) is 12.4. The Morgan fingerprint density at radius 1 is 1.20 bits per heavy atom. The van der Waals surface area contributed by atoms with E-state index in [1.54, 1.807) is 35.6 Å². The van der Waals surface area contributed by atoms with Crippen molar-refractivity contribution in [1.29, 1.82) is 0 Å². The molecule has 3 nitrogen and oxygen atoms in total. The fourth-order valence-electron chi connectivity index (χ4n) is 2.25. The summed E-state index contributed by atoms with van der Waals surface area (Å²) >= 11 is -0.203. The Balaban J connectivity index is 2.39. The highest BCUT2D eigenvalue weighted by atomic mass is 32.2. The number of halogens is 3. The number of benzene rings is 1. The van der Waals surface area contributed by atoms with Crippen molar-refractivity contribution in [3.8, 4) is 0 Å². The topological polar surface area (TPSA) is 37.3 Å². The molecule has 0 amide bonds. The van der Waals surface area contributed by atoms with Crippen LogP contribution in [-0.4, -0.2) is 14.9 Å². The number of hydrogen-bond donors (Lipinski definition) is 1. The second-order valence-electron chi connectivity index (χ2n) is 4.33. The molecule has 0 atom stereocenters. The zero-order chi connectivity index (χ0) is 14.5. The molecular weight excluding hydrogens is 289 g/mol. The highest BCUT2D eigenvalue weighted by Gasteiger charge is 2.31. The Kier molecular flexibility index (Phi) is 2.82. The van der Waals surface area contributed by atoms with Gasteiger partial charge in [-0.05, 0) is 36.9 Å². The molecule has 0 aliphatic heterocycles. The van der Waals surface area contributed by atoms with Gasteiger partial charge in [-0.15, -0.1) is 0 Å². The van der Waals surface area contributed by atoms with Crippen LogP contribution in [0.2, 0.25) is 0 Å². The van der Waals surface area contributed by atoms with Crippen LogP contribution in [0.1, 0.15) is 5.69 Å². The molecule has 0 radical (unpaired) electrons. The number of rotatable bonds is 1. The molecule has 3 aromatic rings. The molecule has 0 saturated heterocycles. The van der Waals surface area contributed by atoms with E-state index in [9.17, 15) is 18.0 Å². The maximum Gasteiger partial charge on any atom is 0.446 e. The van der Waals surface area contributed by atoms with E-state index in [1.165, 1.54) is 6.07 Å². The van der Waals surface area contributed by atoms with Crippen LogP contribution in [-0.2, 0) is 0 Å². The van der Waals surface area contributed by atoms with Crippen LogP contribution in [0, 0.1) is 6.92 Å². The van der Waals surface area contributed by atoms with Gasteiger partial charge in [0, 0.05) is 10.6 Å². The van der Waals surface area contributed by atoms with Crippen molar-refractivity contribution < 1.29 is 13.2 Å². The Labute approximate surface area is 115 Å². The average Bonchev–Trinajstić information content (AvgIpc) is 2.66. The second kappa shape index (κ2) is 4.31. The first-order valence-corrected chi connectivity index (χ1v) is 6.57. The number of alkyl halides is 3. The molecule has 0 bridgehead atoms. The van der Waals surface area contributed by atoms with Crippen molar-refractivity contribution in [2.75, 3.05) is 0 Å². The van der Waals surface area contributed by atoms with Gasteiger partial charge in [-0.3, -0.25) is 4.79 Å². The molecule has 1 aromatic carbocycles. The van der Waals surface area contributed by atoms with Gasteiger partial charge in [-0.1, -0.05) is 12.1 Å². The fraction of sp³-hybridized carbons (Fsp3) is 0.154. The number of aromatic nitrogens is 2. The minimum atomic E-state index is -4.38. The monoisotopic (exact) mass is 298 g/mol. The quantitative estimate of drug-likeness (QED) is 0.696. The number of nitrogens with one attached hydrogen (secondary N) is 1. The standard InChI is InChI=1S/C13H9F3N2OS/c1-7-11(20-13(14,15)16)6-10-12(19)17-8-4-2-3-5-9(8)18(7)10/h2-6H,1H3,(H,17,19). The summed E-state index contributed by atoms with van der Waals surface area (Å²) in [6.07, 6.45) is 0. The van der Waals surface area contributed by atoms with Crippen molar-refractivity contribution in [2.24, 2.45) is 0 Å². The molecule has 0 fully saturated rings. The van der Waals surface area contributed by atoms with Gasteiger partial charge < -0.3 is 9.38 Å². The second-order valence-corrected chi connectivity index (χ2v) is 5.44. The molecule has 0 aliphatic carbocycles. The lowest BCUT2D eigenvalue weighted by Crippen LogP contribution is -2.10. The van der Waals surface area contributed by atoms with Crippen LogP contribution in [0.25, 0.3) is 16.6 Å². The minimum absolute atomic E-state index is 0.0411. The lowest BCUT2D eigenvalue weighted by molar-refractivity contribution is -0.0328.